The molecule has 106 valence electrons. The van der Waals surface area contributed by atoms with E-state index in [4.69, 9.17) is 18.0 Å². The minimum atomic E-state index is -3.67. The van der Waals surface area contributed by atoms with E-state index in [9.17, 15) is 8.42 Å². The molecule has 19 heavy (non-hydrogen) atoms. The van der Waals surface area contributed by atoms with Gasteiger partial charge < -0.3 is 10.7 Å². The van der Waals surface area contributed by atoms with Crippen LogP contribution in [0, 0.1) is 0 Å². The molecule has 0 bridgehead atoms. The maximum atomic E-state index is 12.3. The normalized spacial score (nSPS) is 19.8. The average molecular weight is 302 g/mol. The van der Waals surface area contributed by atoms with Crippen LogP contribution in [0.4, 0.5) is 0 Å². The number of nitrogens with two attached hydrogens (primary N) is 1. The van der Waals surface area contributed by atoms with Crippen LogP contribution in [0.3, 0.4) is 0 Å². The smallest absolute Gasteiger partial charge is 0.258 e. The maximum Gasteiger partial charge on any atom is 0.258 e. The minimum absolute atomic E-state index is 0.0346. The molecule has 0 radical (unpaired) electrons. The van der Waals surface area contributed by atoms with Gasteiger partial charge in [-0.05, 0) is 12.8 Å². The van der Waals surface area contributed by atoms with Crippen molar-refractivity contribution in [2.75, 3.05) is 0 Å². The molecule has 4 N–H and O–H groups in total. The molecule has 0 unspecified atom stereocenters. The van der Waals surface area contributed by atoms with Gasteiger partial charge in [0.1, 0.15) is 0 Å². The van der Waals surface area contributed by atoms with Gasteiger partial charge >= 0.3 is 0 Å². The number of thiocarbonyl (C=S) groups is 1. The van der Waals surface area contributed by atoms with Crippen LogP contribution in [-0.4, -0.2) is 28.9 Å². The lowest BCUT2D eigenvalue weighted by Gasteiger charge is -2.32. The Bertz CT molecular complexity index is 531. The number of hydrogen-bond donors (Lipinski definition) is 3. The number of H-pyrrole nitrogens is 1. The fourth-order valence-corrected chi connectivity index (χ4v) is 4.10. The van der Waals surface area contributed by atoms with E-state index in [0.29, 0.717) is 12.8 Å². The van der Waals surface area contributed by atoms with E-state index in [1.54, 1.807) is 0 Å². The number of nitrogens with zero attached hydrogens (tertiary/aromatic N) is 1. The lowest BCUT2D eigenvalue weighted by molar-refractivity contribution is 0.440. The van der Waals surface area contributed by atoms with Crippen LogP contribution in [0.5, 0.6) is 0 Å². The number of imidazole rings is 1. The fraction of sp³-hybridized carbons (Fsp3) is 0.636. The molecule has 1 fully saturated rings. The van der Waals surface area contributed by atoms with Crippen molar-refractivity contribution in [1.82, 2.24) is 14.7 Å². The summed E-state index contributed by atoms with van der Waals surface area (Å²) in [5, 5.41) is 0.0346. The molecule has 0 spiro atoms. The predicted octanol–water partition coefficient (Wildman–Crippen LogP) is 1.07. The van der Waals surface area contributed by atoms with E-state index in [1.165, 1.54) is 12.5 Å². The second-order valence-electron chi connectivity index (χ2n) is 4.88. The summed E-state index contributed by atoms with van der Waals surface area (Å²) >= 11 is 5.11. The Balaban J connectivity index is 2.28. The Morgan fingerprint density at radius 1 is 1.37 bits per heavy atom. The summed E-state index contributed by atoms with van der Waals surface area (Å²) in [6, 6.07) is 0. The van der Waals surface area contributed by atoms with E-state index in [-0.39, 0.29) is 10.0 Å². The van der Waals surface area contributed by atoms with E-state index in [2.05, 4.69) is 14.7 Å². The number of aromatic amines is 1. The molecule has 1 aromatic heterocycles. The Hall–Kier alpha value is -0.990. The number of aromatic nitrogens is 2. The third kappa shape index (κ3) is 3.13. The molecule has 0 aromatic carbocycles. The Morgan fingerprint density at radius 3 is 2.47 bits per heavy atom. The molecule has 1 heterocycles. The molecule has 1 aliphatic carbocycles. The second-order valence-corrected chi connectivity index (χ2v) is 6.97. The number of sulfonamides is 1. The lowest BCUT2D eigenvalue weighted by atomic mass is 9.91. The molecule has 0 saturated heterocycles. The zero-order valence-corrected chi connectivity index (χ0v) is 12.2. The van der Waals surface area contributed by atoms with Gasteiger partial charge in [0.25, 0.3) is 10.0 Å². The Morgan fingerprint density at radius 2 is 2.00 bits per heavy atom. The molecule has 6 nitrogen and oxygen atoms in total. The minimum Gasteiger partial charge on any atom is -0.392 e. The molecule has 2 rings (SSSR count). The highest BCUT2D eigenvalue weighted by molar-refractivity contribution is 7.89. The quantitative estimate of drug-likeness (QED) is 0.570. The van der Waals surface area contributed by atoms with Crippen LogP contribution in [0.15, 0.2) is 17.6 Å². The van der Waals surface area contributed by atoms with E-state index in [0.717, 1.165) is 25.7 Å². The molecular weight excluding hydrogens is 284 g/mol. The van der Waals surface area contributed by atoms with Crippen LogP contribution in [0.2, 0.25) is 0 Å². The van der Waals surface area contributed by atoms with Crippen molar-refractivity contribution in [3.05, 3.63) is 12.5 Å². The Kier molecular flexibility index (Phi) is 4.22. The molecule has 1 aromatic rings. The van der Waals surface area contributed by atoms with Crippen LogP contribution < -0.4 is 10.5 Å². The first-order valence-electron chi connectivity index (χ1n) is 6.29. The van der Waals surface area contributed by atoms with Crippen molar-refractivity contribution in [1.29, 1.82) is 0 Å². The zero-order chi connectivity index (χ0) is 13.9. The Labute approximate surface area is 118 Å². The summed E-state index contributed by atoms with van der Waals surface area (Å²) in [5.74, 6) is 0. The first kappa shape index (κ1) is 14.4. The van der Waals surface area contributed by atoms with Crippen molar-refractivity contribution in [2.45, 2.75) is 49.1 Å². The molecule has 0 atom stereocenters. The van der Waals surface area contributed by atoms with Crippen molar-refractivity contribution in [3.8, 4) is 0 Å². The van der Waals surface area contributed by atoms with Gasteiger partial charge in [-0.2, -0.15) is 4.72 Å². The maximum absolute atomic E-state index is 12.3. The summed E-state index contributed by atoms with van der Waals surface area (Å²) < 4.78 is 27.3. The van der Waals surface area contributed by atoms with Gasteiger partial charge in [-0.3, -0.25) is 0 Å². The summed E-state index contributed by atoms with van der Waals surface area (Å²) in [4.78, 5) is 6.54. The van der Waals surface area contributed by atoms with Crippen LogP contribution >= 0.6 is 12.2 Å². The summed E-state index contributed by atoms with van der Waals surface area (Å²) in [6.07, 6.45) is 7.89. The van der Waals surface area contributed by atoms with Crippen molar-refractivity contribution >= 4 is 27.2 Å². The monoisotopic (exact) mass is 302 g/mol. The SMILES string of the molecule is NC(=S)C1(NS(=O)(=O)c2cnc[nH]2)CCCCCC1. The van der Waals surface area contributed by atoms with Gasteiger partial charge in [-0.15, -0.1) is 0 Å². The number of hydrogen-bond acceptors (Lipinski definition) is 4. The average Bonchev–Trinajstić information content (AvgIpc) is 2.78. The highest BCUT2D eigenvalue weighted by Gasteiger charge is 2.38. The van der Waals surface area contributed by atoms with E-state index < -0.39 is 15.6 Å². The van der Waals surface area contributed by atoms with Gasteiger partial charge in [0.05, 0.1) is 23.1 Å². The largest absolute Gasteiger partial charge is 0.392 e. The van der Waals surface area contributed by atoms with E-state index >= 15 is 0 Å². The third-order valence-corrected chi connectivity index (χ3v) is 5.37. The third-order valence-electron chi connectivity index (χ3n) is 3.52. The first-order chi connectivity index (χ1) is 8.96. The lowest BCUT2D eigenvalue weighted by Crippen LogP contribution is -2.56. The summed E-state index contributed by atoms with van der Waals surface area (Å²) in [7, 11) is -3.67. The molecule has 0 aliphatic heterocycles. The number of nitrogens with one attached hydrogen (secondary N) is 2. The van der Waals surface area contributed by atoms with Crippen LogP contribution in [0.1, 0.15) is 38.5 Å². The highest BCUT2D eigenvalue weighted by Crippen LogP contribution is 2.29. The predicted molar refractivity (Wildman–Crippen MR) is 76.1 cm³/mol. The molecular formula is C11H18N4O2S2. The van der Waals surface area contributed by atoms with Crippen LogP contribution in [0.25, 0.3) is 0 Å². The second kappa shape index (κ2) is 5.56. The standard InChI is InChI=1S/C11H18N4O2S2/c12-10(18)11(5-3-1-2-4-6-11)15-19(16,17)9-7-13-8-14-9/h7-8,15H,1-6H2,(H2,12,18)(H,13,14). The zero-order valence-electron chi connectivity index (χ0n) is 10.6. The first-order valence-corrected chi connectivity index (χ1v) is 8.18. The van der Waals surface area contributed by atoms with Gasteiger partial charge in [-0.1, -0.05) is 37.9 Å². The van der Waals surface area contributed by atoms with Crippen molar-refractivity contribution in [3.63, 3.8) is 0 Å². The van der Waals surface area contributed by atoms with Gasteiger partial charge in [-0.25, -0.2) is 13.4 Å². The molecule has 1 saturated carbocycles. The molecule has 0 amide bonds. The van der Waals surface area contributed by atoms with Gasteiger partial charge in [0, 0.05) is 0 Å². The van der Waals surface area contributed by atoms with Crippen molar-refractivity contribution in [2.24, 2.45) is 5.73 Å². The van der Waals surface area contributed by atoms with Gasteiger partial charge in [0.15, 0.2) is 5.03 Å². The fourth-order valence-electron chi connectivity index (χ4n) is 2.43. The molecule has 8 heteroatoms. The molecule has 1 aliphatic rings. The summed E-state index contributed by atoms with van der Waals surface area (Å²) in [6.45, 7) is 0. The topological polar surface area (TPSA) is 101 Å². The van der Waals surface area contributed by atoms with E-state index in [1.807, 2.05) is 0 Å². The van der Waals surface area contributed by atoms with Crippen LogP contribution in [-0.2, 0) is 10.0 Å². The highest BCUT2D eigenvalue weighted by atomic mass is 32.2. The van der Waals surface area contributed by atoms with Gasteiger partial charge in [0.2, 0.25) is 0 Å². The number of rotatable bonds is 4. The van der Waals surface area contributed by atoms with Crippen molar-refractivity contribution < 1.29 is 8.42 Å². The summed E-state index contributed by atoms with van der Waals surface area (Å²) in [5.41, 5.74) is 5.00.